The second-order valence-electron chi connectivity index (χ2n) is 5.05. The molecule has 0 bridgehead atoms. The van der Waals surface area contributed by atoms with E-state index in [9.17, 15) is 12.8 Å². The van der Waals surface area contributed by atoms with Crippen LogP contribution < -0.4 is 5.73 Å². The molecule has 2 rings (SSSR count). The second-order valence-corrected chi connectivity index (χ2v) is 7.28. The predicted octanol–water partition coefficient (Wildman–Crippen LogP) is 0.903. The lowest BCUT2D eigenvalue weighted by molar-refractivity contribution is 0.217. The van der Waals surface area contributed by atoms with Crippen molar-refractivity contribution in [2.24, 2.45) is 5.73 Å². The van der Waals surface area contributed by atoms with Crippen LogP contribution in [0.15, 0.2) is 18.2 Å². The summed E-state index contributed by atoms with van der Waals surface area (Å²) in [5, 5.41) is 0. The molecule has 0 saturated carbocycles. The summed E-state index contributed by atoms with van der Waals surface area (Å²) in [5.41, 5.74) is 7.37. The van der Waals surface area contributed by atoms with Crippen LogP contribution >= 0.6 is 0 Å². The number of hydrogen-bond acceptors (Lipinski definition) is 4. The lowest BCUT2D eigenvalue weighted by Gasteiger charge is -2.33. The minimum absolute atomic E-state index is 0.0190. The third kappa shape index (κ3) is 3.52. The SMILES string of the molecule is CC1CS(=O)(=O)CCN1Cc1ccc(F)cc1CN. The minimum Gasteiger partial charge on any atom is -0.326 e. The summed E-state index contributed by atoms with van der Waals surface area (Å²) in [6.07, 6.45) is 0. The number of nitrogens with zero attached hydrogens (tertiary/aromatic N) is 1. The molecule has 1 heterocycles. The normalized spacial score (nSPS) is 23.4. The van der Waals surface area contributed by atoms with Crippen molar-refractivity contribution in [2.45, 2.75) is 26.1 Å². The number of nitrogens with two attached hydrogens (primary N) is 1. The third-order valence-corrected chi connectivity index (χ3v) is 5.36. The van der Waals surface area contributed by atoms with Gasteiger partial charge in [-0.2, -0.15) is 0 Å². The zero-order chi connectivity index (χ0) is 14.0. The highest BCUT2D eigenvalue weighted by Crippen LogP contribution is 2.18. The Morgan fingerprint density at radius 1 is 1.42 bits per heavy atom. The van der Waals surface area contributed by atoms with Gasteiger partial charge in [-0.1, -0.05) is 6.07 Å². The molecule has 1 aromatic rings. The van der Waals surface area contributed by atoms with E-state index in [4.69, 9.17) is 5.73 Å². The van der Waals surface area contributed by atoms with E-state index >= 15 is 0 Å². The van der Waals surface area contributed by atoms with Crippen LogP contribution in [0.4, 0.5) is 4.39 Å². The summed E-state index contributed by atoms with van der Waals surface area (Å²) in [5.74, 6) is 0.0845. The largest absolute Gasteiger partial charge is 0.326 e. The summed E-state index contributed by atoms with van der Waals surface area (Å²) in [6.45, 7) is 3.32. The molecular formula is C13H19FN2O2S. The van der Waals surface area contributed by atoms with E-state index in [0.717, 1.165) is 11.1 Å². The first-order valence-electron chi connectivity index (χ1n) is 6.33. The Morgan fingerprint density at radius 2 is 2.16 bits per heavy atom. The topological polar surface area (TPSA) is 63.4 Å². The van der Waals surface area contributed by atoms with Gasteiger partial charge in [-0.3, -0.25) is 4.90 Å². The first-order chi connectivity index (χ1) is 8.91. The first kappa shape index (κ1) is 14.4. The van der Waals surface area contributed by atoms with Gasteiger partial charge in [0.25, 0.3) is 0 Å². The van der Waals surface area contributed by atoms with Crippen molar-refractivity contribution in [3.63, 3.8) is 0 Å². The maximum Gasteiger partial charge on any atom is 0.153 e. The Bertz CT molecular complexity index is 560. The summed E-state index contributed by atoms with van der Waals surface area (Å²) in [4.78, 5) is 2.10. The summed E-state index contributed by atoms with van der Waals surface area (Å²) in [7, 11) is -2.91. The van der Waals surface area contributed by atoms with E-state index in [0.29, 0.717) is 13.1 Å². The van der Waals surface area contributed by atoms with Gasteiger partial charge in [0.15, 0.2) is 9.84 Å². The summed E-state index contributed by atoms with van der Waals surface area (Å²) < 4.78 is 36.2. The highest BCUT2D eigenvalue weighted by atomic mass is 32.2. The molecule has 4 nitrogen and oxygen atoms in total. The third-order valence-electron chi connectivity index (χ3n) is 3.57. The smallest absolute Gasteiger partial charge is 0.153 e. The standard InChI is InChI=1S/C13H19FN2O2S/c1-10-9-19(17,18)5-4-16(10)8-11-2-3-13(14)6-12(11)7-15/h2-3,6,10H,4-5,7-9,15H2,1H3. The molecule has 1 aliphatic rings. The number of rotatable bonds is 3. The van der Waals surface area contributed by atoms with Crippen LogP contribution in [0.3, 0.4) is 0 Å². The van der Waals surface area contributed by atoms with Crippen molar-refractivity contribution in [1.29, 1.82) is 0 Å². The summed E-state index contributed by atoms with van der Waals surface area (Å²) in [6, 6.07) is 4.57. The molecule has 6 heteroatoms. The van der Waals surface area contributed by atoms with Gasteiger partial charge in [0.05, 0.1) is 11.5 Å². The monoisotopic (exact) mass is 286 g/mol. The second kappa shape index (κ2) is 5.56. The van der Waals surface area contributed by atoms with E-state index in [1.54, 1.807) is 6.07 Å². The molecule has 1 aromatic carbocycles. The predicted molar refractivity (Wildman–Crippen MR) is 72.8 cm³/mol. The Labute approximate surface area is 113 Å². The van der Waals surface area contributed by atoms with Crippen LogP contribution in [-0.2, 0) is 22.9 Å². The molecule has 0 aromatic heterocycles. The van der Waals surface area contributed by atoms with Crippen molar-refractivity contribution in [2.75, 3.05) is 18.1 Å². The van der Waals surface area contributed by atoms with E-state index in [1.165, 1.54) is 12.1 Å². The van der Waals surface area contributed by atoms with Crippen LogP contribution in [0, 0.1) is 5.82 Å². The molecule has 1 atom stereocenters. The lowest BCUT2D eigenvalue weighted by Crippen LogP contribution is -2.46. The van der Waals surface area contributed by atoms with Crippen molar-refractivity contribution in [3.05, 3.63) is 35.1 Å². The summed E-state index contributed by atoms with van der Waals surface area (Å²) >= 11 is 0. The fourth-order valence-corrected chi connectivity index (χ4v) is 4.05. The molecule has 19 heavy (non-hydrogen) atoms. The van der Waals surface area contributed by atoms with Crippen LogP contribution in [-0.4, -0.2) is 37.4 Å². The van der Waals surface area contributed by atoms with Crippen LogP contribution in [0.25, 0.3) is 0 Å². The fourth-order valence-electron chi connectivity index (χ4n) is 2.43. The van der Waals surface area contributed by atoms with Crippen LogP contribution in [0.5, 0.6) is 0 Å². The highest BCUT2D eigenvalue weighted by molar-refractivity contribution is 7.91. The van der Waals surface area contributed by atoms with Crippen LogP contribution in [0.1, 0.15) is 18.1 Å². The molecule has 0 radical (unpaired) electrons. The molecule has 0 aliphatic carbocycles. The quantitative estimate of drug-likeness (QED) is 0.897. The highest BCUT2D eigenvalue weighted by Gasteiger charge is 2.28. The van der Waals surface area contributed by atoms with Gasteiger partial charge in [-0.15, -0.1) is 0 Å². The van der Waals surface area contributed by atoms with Crippen LogP contribution in [0.2, 0.25) is 0 Å². The Kier molecular flexibility index (Phi) is 4.23. The zero-order valence-electron chi connectivity index (χ0n) is 11.0. The van der Waals surface area contributed by atoms with Gasteiger partial charge in [0, 0.05) is 25.7 Å². The molecule has 1 aliphatic heterocycles. The van der Waals surface area contributed by atoms with Crippen molar-refractivity contribution in [1.82, 2.24) is 4.90 Å². The van der Waals surface area contributed by atoms with Gasteiger partial charge in [0.1, 0.15) is 5.82 Å². The van der Waals surface area contributed by atoms with E-state index < -0.39 is 9.84 Å². The molecule has 2 N–H and O–H groups in total. The minimum atomic E-state index is -2.91. The Morgan fingerprint density at radius 3 is 2.79 bits per heavy atom. The average Bonchev–Trinajstić information content (AvgIpc) is 2.33. The molecular weight excluding hydrogens is 267 g/mol. The van der Waals surface area contributed by atoms with Gasteiger partial charge >= 0.3 is 0 Å². The number of hydrogen-bond donors (Lipinski definition) is 1. The maximum atomic E-state index is 13.1. The molecule has 1 unspecified atom stereocenters. The van der Waals surface area contributed by atoms with Crippen molar-refractivity contribution < 1.29 is 12.8 Å². The number of halogens is 1. The Hall–Kier alpha value is -0.980. The molecule has 0 spiro atoms. The molecule has 0 amide bonds. The number of sulfone groups is 1. The van der Waals surface area contributed by atoms with Gasteiger partial charge in [-0.05, 0) is 30.2 Å². The van der Waals surface area contributed by atoms with E-state index in [1.807, 2.05) is 6.92 Å². The average molecular weight is 286 g/mol. The van der Waals surface area contributed by atoms with Crippen molar-refractivity contribution in [3.8, 4) is 0 Å². The fraction of sp³-hybridized carbons (Fsp3) is 0.538. The van der Waals surface area contributed by atoms with E-state index in [2.05, 4.69) is 4.90 Å². The van der Waals surface area contributed by atoms with Crippen molar-refractivity contribution >= 4 is 9.84 Å². The maximum absolute atomic E-state index is 13.1. The molecule has 1 saturated heterocycles. The first-order valence-corrected chi connectivity index (χ1v) is 8.15. The molecule has 106 valence electrons. The lowest BCUT2D eigenvalue weighted by atomic mass is 10.1. The zero-order valence-corrected chi connectivity index (χ0v) is 11.8. The Balaban J connectivity index is 2.14. The molecule has 1 fully saturated rings. The van der Waals surface area contributed by atoms with Gasteiger partial charge in [-0.25, -0.2) is 12.8 Å². The number of benzene rings is 1. The van der Waals surface area contributed by atoms with Gasteiger partial charge < -0.3 is 5.73 Å². The van der Waals surface area contributed by atoms with Gasteiger partial charge in [0.2, 0.25) is 0 Å². The van der Waals surface area contributed by atoms with E-state index in [-0.39, 0.29) is 29.9 Å².